The van der Waals surface area contributed by atoms with Crippen molar-refractivity contribution in [2.24, 2.45) is 23.7 Å². The number of hydrogen-bond acceptors (Lipinski definition) is 0. The highest BCUT2D eigenvalue weighted by atomic mass is 15.3. The number of nitrogens with zero attached hydrogens (tertiary/aromatic N) is 1. The second kappa shape index (κ2) is 3.84. The zero-order valence-corrected chi connectivity index (χ0v) is 11.0. The molecule has 14 heavy (non-hydrogen) atoms. The predicted octanol–water partition coefficient (Wildman–Crippen LogP) is 3.01. The Balaban J connectivity index is 2.66. The van der Waals surface area contributed by atoms with E-state index in [1.54, 1.807) is 0 Å². The molecule has 1 aliphatic carbocycles. The van der Waals surface area contributed by atoms with Crippen molar-refractivity contribution in [3.05, 3.63) is 0 Å². The van der Waals surface area contributed by atoms with Gasteiger partial charge in [0, 0.05) is 5.92 Å². The predicted molar refractivity (Wildman–Crippen MR) is 63.1 cm³/mol. The van der Waals surface area contributed by atoms with Crippen LogP contribution in [0.15, 0.2) is 0 Å². The zero-order chi connectivity index (χ0) is 11.1. The van der Waals surface area contributed by atoms with Gasteiger partial charge in [-0.05, 0) is 31.1 Å². The monoisotopic (exact) mass is 198 g/mol. The molecule has 4 unspecified atom stereocenters. The molecule has 0 spiro atoms. The Morgan fingerprint density at radius 3 is 1.86 bits per heavy atom. The van der Waals surface area contributed by atoms with E-state index in [4.69, 9.17) is 0 Å². The maximum atomic E-state index is 2.43. The van der Waals surface area contributed by atoms with E-state index in [2.05, 4.69) is 48.8 Å². The quantitative estimate of drug-likeness (QED) is 0.612. The molecule has 1 nitrogen and oxygen atoms in total. The maximum Gasteiger partial charge on any atom is 0.0889 e. The third kappa shape index (κ3) is 2.13. The van der Waals surface area contributed by atoms with E-state index in [-0.39, 0.29) is 0 Å². The summed E-state index contributed by atoms with van der Waals surface area (Å²) >= 11 is 0. The van der Waals surface area contributed by atoms with E-state index < -0.39 is 0 Å². The van der Waals surface area contributed by atoms with Gasteiger partial charge in [0.1, 0.15) is 0 Å². The van der Waals surface area contributed by atoms with Crippen LogP contribution in [0.3, 0.4) is 0 Å². The summed E-state index contributed by atoms with van der Waals surface area (Å²) < 4.78 is 1.11. The highest BCUT2D eigenvalue weighted by Gasteiger charge is 2.46. The van der Waals surface area contributed by atoms with Crippen molar-refractivity contribution >= 4 is 0 Å². The summed E-state index contributed by atoms with van der Waals surface area (Å²) in [5.74, 6) is 3.72. The Kier molecular flexibility index (Phi) is 3.30. The summed E-state index contributed by atoms with van der Waals surface area (Å²) in [6, 6.07) is 0.797. The lowest BCUT2D eigenvalue weighted by atomic mass is 9.58. The largest absolute Gasteiger partial charge is 0.328 e. The van der Waals surface area contributed by atoms with E-state index in [0.29, 0.717) is 0 Å². The van der Waals surface area contributed by atoms with Crippen molar-refractivity contribution in [1.82, 2.24) is 0 Å². The van der Waals surface area contributed by atoms with Crippen LogP contribution in [-0.4, -0.2) is 31.7 Å². The topological polar surface area (TPSA) is 0 Å². The highest BCUT2D eigenvalue weighted by Crippen LogP contribution is 2.47. The Hall–Kier alpha value is -0.0400. The molecule has 0 aromatic rings. The van der Waals surface area contributed by atoms with Crippen LogP contribution < -0.4 is 0 Å². The summed E-state index contributed by atoms with van der Waals surface area (Å²) in [4.78, 5) is 0. The molecule has 1 aliphatic rings. The van der Waals surface area contributed by atoms with E-state index >= 15 is 0 Å². The molecule has 0 saturated heterocycles. The molecule has 1 heteroatoms. The van der Waals surface area contributed by atoms with E-state index in [1.165, 1.54) is 6.42 Å². The lowest BCUT2D eigenvalue weighted by Crippen LogP contribution is -2.56. The Labute approximate surface area is 90.1 Å². The molecule has 0 radical (unpaired) electrons. The maximum absolute atomic E-state index is 2.43. The van der Waals surface area contributed by atoms with E-state index in [9.17, 15) is 0 Å². The minimum absolute atomic E-state index is 0.797. The van der Waals surface area contributed by atoms with Crippen molar-refractivity contribution in [2.45, 2.75) is 40.2 Å². The van der Waals surface area contributed by atoms with Crippen LogP contribution in [-0.2, 0) is 0 Å². The number of rotatable bonds is 3. The molecular formula is C13H28N+. The first kappa shape index (κ1) is 12.0. The minimum Gasteiger partial charge on any atom is -0.328 e. The van der Waals surface area contributed by atoms with Gasteiger partial charge in [-0.15, -0.1) is 0 Å². The van der Waals surface area contributed by atoms with Crippen LogP contribution in [0.1, 0.15) is 34.1 Å². The molecule has 84 valence electrons. The smallest absolute Gasteiger partial charge is 0.0889 e. The van der Waals surface area contributed by atoms with Crippen molar-refractivity contribution in [3.63, 3.8) is 0 Å². The van der Waals surface area contributed by atoms with Crippen LogP contribution in [0.2, 0.25) is 0 Å². The van der Waals surface area contributed by atoms with Gasteiger partial charge >= 0.3 is 0 Å². The lowest BCUT2D eigenvalue weighted by molar-refractivity contribution is -0.900. The van der Waals surface area contributed by atoms with Gasteiger partial charge in [0.05, 0.1) is 27.2 Å². The molecule has 0 bridgehead atoms. The van der Waals surface area contributed by atoms with E-state index in [0.717, 1.165) is 34.2 Å². The third-order valence-electron chi connectivity index (χ3n) is 4.43. The van der Waals surface area contributed by atoms with Crippen molar-refractivity contribution < 1.29 is 4.48 Å². The van der Waals surface area contributed by atoms with Gasteiger partial charge in [0.25, 0.3) is 0 Å². The average Bonchev–Trinajstić information content (AvgIpc) is 1.97. The fraction of sp³-hybridized carbons (Fsp3) is 1.00. The molecule has 0 amide bonds. The number of quaternary nitrogens is 1. The SMILES string of the molecule is CC(C)C1CC(C)C1C(C)[N+](C)(C)C. The van der Waals surface area contributed by atoms with Gasteiger partial charge in [0.15, 0.2) is 0 Å². The normalized spacial score (nSPS) is 35.6. The van der Waals surface area contributed by atoms with E-state index in [1.807, 2.05) is 0 Å². The van der Waals surface area contributed by atoms with Crippen molar-refractivity contribution in [1.29, 1.82) is 0 Å². The standard InChI is InChI=1S/C13H28N/c1-9(2)12-8-10(3)13(12)11(4)14(5,6)7/h9-13H,8H2,1-7H3/q+1. The summed E-state index contributed by atoms with van der Waals surface area (Å²) in [5.41, 5.74) is 0. The van der Waals surface area contributed by atoms with Crippen molar-refractivity contribution in [3.8, 4) is 0 Å². The second-order valence-electron chi connectivity index (χ2n) is 6.56. The van der Waals surface area contributed by atoms with Gasteiger partial charge in [-0.1, -0.05) is 20.8 Å². The van der Waals surface area contributed by atoms with Crippen LogP contribution >= 0.6 is 0 Å². The molecule has 1 rings (SSSR count). The summed E-state index contributed by atoms with van der Waals surface area (Å²) in [5, 5.41) is 0. The van der Waals surface area contributed by atoms with Gasteiger partial charge < -0.3 is 4.48 Å². The second-order valence-corrected chi connectivity index (χ2v) is 6.56. The molecule has 0 aromatic carbocycles. The van der Waals surface area contributed by atoms with Gasteiger partial charge in [-0.2, -0.15) is 0 Å². The Morgan fingerprint density at radius 1 is 1.07 bits per heavy atom. The van der Waals surface area contributed by atoms with Gasteiger partial charge in [0.2, 0.25) is 0 Å². The van der Waals surface area contributed by atoms with Crippen LogP contribution in [0.4, 0.5) is 0 Å². The molecular weight excluding hydrogens is 170 g/mol. The Morgan fingerprint density at radius 2 is 1.57 bits per heavy atom. The van der Waals surface area contributed by atoms with Crippen LogP contribution in [0.5, 0.6) is 0 Å². The molecule has 0 heterocycles. The summed E-state index contributed by atoms with van der Waals surface area (Å²) in [7, 11) is 6.98. The molecule has 0 N–H and O–H groups in total. The molecule has 1 saturated carbocycles. The fourth-order valence-corrected chi connectivity index (χ4v) is 3.04. The highest BCUT2D eigenvalue weighted by molar-refractivity contribution is 4.91. The molecule has 1 fully saturated rings. The lowest BCUT2D eigenvalue weighted by Gasteiger charge is -2.51. The third-order valence-corrected chi connectivity index (χ3v) is 4.43. The van der Waals surface area contributed by atoms with Crippen molar-refractivity contribution in [2.75, 3.05) is 21.1 Å². The van der Waals surface area contributed by atoms with Crippen LogP contribution in [0.25, 0.3) is 0 Å². The first-order valence-corrected chi connectivity index (χ1v) is 6.06. The molecule has 0 aliphatic heterocycles. The fourth-order valence-electron chi connectivity index (χ4n) is 3.04. The average molecular weight is 198 g/mol. The summed E-state index contributed by atoms with van der Waals surface area (Å²) in [6.45, 7) is 9.61. The first-order chi connectivity index (χ1) is 6.25. The zero-order valence-electron chi connectivity index (χ0n) is 11.0. The van der Waals surface area contributed by atoms with Gasteiger partial charge in [-0.3, -0.25) is 0 Å². The van der Waals surface area contributed by atoms with Crippen LogP contribution in [0, 0.1) is 23.7 Å². The van der Waals surface area contributed by atoms with Gasteiger partial charge in [-0.25, -0.2) is 0 Å². The molecule has 0 aromatic heterocycles. The molecule has 4 atom stereocenters. The minimum atomic E-state index is 0.797. The number of hydrogen-bond donors (Lipinski definition) is 0. The Bertz CT molecular complexity index is 190. The summed E-state index contributed by atoms with van der Waals surface area (Å²) in [6.07, 6.45) is 1.45. The first-order valence-electron chi connectivity index (χ1n) is 6.06.